The van der Waals surface area contributed by atoms with E-state index in [1.54, 1.807) is 6.08 Å². The Labute approximate surface area is 76.4 Å². The normalized spacial score (nSPS) is 30.2. The van der Waals surface area contributed by atoms with E-state index in [1.807, 2.05) is 25.2 Å². The number of carboxylic acids is 1. The molecule has 0 bridgehead atoms. The van der Waals surface area contributed by atoms with Crippen LogP contribution in [0.1, 0.15) is 13.3 Å². The first kappa shape index (κ1) is 8.10. The Kier molecular flexibility index (Phi) is 1.55. The molecular weight excluding hydrogens is 166 g/mol. The maximum atomic E-state index is 10.7. The van der Waals surface area contributed by atoms with Crippen molar-refractivity contribution in [3.63, 3.8) is 0 Å². The van der Waals surface area contributed by atoms with Gasteiger partial charge in [-0.3, -0.25) is 0 Å². The van der Waals surface area contributed by atoms with Crippen molar-refractivity contribution < 1.29 is 9.90 Å². The molecule has 13 heavy (non-hydrogen) atoms. The summed E-state index contributed by atoms with van der Waals surface area (Å²) in [7, 11) is 0. The number of aliphatic carboxylic acids is 1. The Morgan fingerprint density at radius 2 is 2.46 bits per heavy atom. The van der Waals surface area contributed by atoms with Gasteiger partial charge in [0.2, 0.25) is 0 Å². The van der Waals surface area contributed by atoms with Crippen molar-refractivity contribution in [2.24, 2.45) is 0 Å². The molecule has 0 spiro atoms. The number of hydrogen-bond acceptors (Lipinski definition) is 2. The summed E-state index contributed by atoms with van der Waals surface area (Å²) in [4.78, 5) is 10.7. The Morgan fingerprint density at radius 3 is 3.08 bits per heavy atom. The van der Waals surface area contributed by atoms with Gasteiger partial charge in [-0.15, -0.1) is 0 Å². The van der Waals surface area contributed by atoms with Crippen LogP contribution in [0.2, 0.25) is 0 Å². The van der Waals surface area contributed by atoms with E-state index in [0.29, 0.717) is 0 Å². The van der Waals surface area contributed by atoms with Crippen LogP contribution < -0.4 is 5.32 Å². The number of allylic oxidation sites excluding steroid dienone is 2. The highest BCUT2D eigenvalue weighted by molar-refractivity contribution is 5.88. The van der Waals surface area contributed by atoms with Gasteiger partial charge in [0.15, 0.2) is 0 Å². The van der Waals surface area contributed by atoms with Gasteiger partial charge in [0, 0.05) is 0 Å². The third kappa shape index (κ3) is 1.16. The lowest BCUT2D eigenvalue weighted by molar-refractivity contribution is -0.133. The van der Waals surface area contributed by atoms with Crippen molar-refractivity contribution in [2.45, 2.75) is 18.9 Å². The topological polar surface area (TPSA) is 49.3 Å². The standard InChI is InChI=1S/C10H11NO2/c1-10-5-3-2-4-7(10)6-8(11-10)9(12)13/h2-4,6,11H,5H2,1H3,(H,12,13). The molecule has 0 radical (unpaired) electrons. The van der Waals surface area contributed by atoms with Gasteiger partial charge in [-0.05, 0) is 25.0 Å². The van der Waals surface area contributed by atoms with Gasteiger partial charge in [0.05, 0.1) is 5.54 Å². The number of hydrogen-bond donors (Lipinski definition) is 2. The van der Waals surface area contributed by atoms with E-state index in [0.717, 1.165) is 12.0 Å². The molecule has 0 saturated carbocycles. The molecule has 0 aromatic rings. The molecule has 3 heteroatoms. The van der Waals surface area contributed by atoms with Crippen molar-refractivity contribution in [1.29, 1.82) is 0 Å². The van der Waals surface area contributed by atoms with E-state index in [2.05, 4.69) is 5.32 Å². The van der Waals surface area contributed by atoms with Gasteiger partial charge in [0.25, 0.3) is 0 Å². The van der Waals surface area contributed by atoms with Crippen LogP contribution in [0.3, 0.4) is 0 Å². The number of carboxylic acid groups (broad SMARTS) is 1. The third-order valence-corrected chi connectivity index (χ3v) is 2.52. The maximum Gasteiger partial charge on any atom is 0.351 e. The molecule has 0 fully saturated rings. The number of nitrogens with one attached hydrogen (secondary N) is 1. The average molecular weight is 177 g/mol. The zero-order valence-corrected chi connectivity index (χ0v) is 7.37. The van der Waals surface area contributed by atoms with Gasteiger partial charge in [-0.2, -0.15) is 0 Å². The molecule has 1 atom stereocenters. The number of carbonyl (C=O) groups is 1. The molecule has 0 amide bonds. The zero-order valence-electron chi connectivity index (χ0n) is 7.37. The van der Waals surface area contributed by atoms with Gasteiger partial charge in [-0.1, -0.05) is 18.2 Å². The molecule has 1 unspecified atom stereocenters. The molecule has 1 aliphatic heterocycles. The molecule has 3 nitrogen and oxygen atoms in total. The van der Waals surface area contributed by atoms with E-state index >= 15 is 0 Å². The fourth-order valence-electron chi connectivity index (χ4n) is 1.71. The van der Waals surface area contributed by atoms with E-state index in [4.69, 9.17) is 5.11 Å². The largest absolute Gasteiger partial charge is 0.477 e. The summed E-state index contributed by atoms with van der Waals surface area (Å²) in [6.45, 7) is 2.01. The zero-order chi connectivity index (χ0) is 9.47. The van der Waals surface area contributed by atoms with Gasteiger partial charge < -0.3 is 10.4 Å². The number of rotatable bonds is 1. The van der Waals surface area contributed by atoms with Crippen LogP contribution in [0.15, 0.2) is 35.6 Å². The highest BCUT2D eigenvalue weighted by Crippen LogP contribution is 2.32. The van der Waals surface area contributed by atoms with Crippen molar-refractivity contribution in [3.8, 4) is 0 Å². The van der Waals surface area contributed by atoms with Crippen molar-refractivity contribution in [1.82, 2.24) is 5.32 Å². The molecule has 2 aliphatic rings. The summed E-state index contributed by atoms with van der Waals surface area (Å²) < 4.78 is 0. The first-order valence-corrected chi connectivity index (χ1v) is 4.22. The first-order valence-electron chi connectivity index (χ1n) is 4.22. The molecule has 68 valence electrons. The third-order valence-electron chi connectivity index (χ3n) is 2.52. The Hall–Kier alpha value is -1.51. The lowest BCUT2D eigenvalue weighted by Crippen LogP contribution is -2.40. The van der Waals surface area contributed by atoms with Crippen LogP contribution in [0.4, 0.5) is 0 Å². The molecule has 1 heterocycles. The second-order valence-electron chi connectivity index (χ2n) is 3.57. The molecule has 0 aromatic heterocycles. The smallest absolute Gasteiger partial charge is 0.351 e. The van der Waals surface area contributed by atoms with Crippen LogP contribution in [-0.2, 0) is 4.79 Å². The second-order valence-corrected chi connectivity index (χ2v) is 3.57. The van der Waals surface area contributed by atoms with Crippen LogP contribution in [0.5, 0.6) is 0 Å². The van der Waals surface area contributed by atoms with Crippen LogP contribution >= 0.6 is 0 Å². The monoisotopic (exact) mass is 177 g/mol. The lowest BCUT2D eigenvalue weighted by atomic mass is 9.87. The minimum absolute atomic E-state index is 0.206. The molecule has 0 saturated heterocycles. The number of fused-ring (bicyclic) bond motifs is 1. The molecule has 2 N–H and O–H groups in total. The summed E-state index contributed by atoms with van der Waals surface area (Å²) in [5.74, 6) is -0.892. The fraction of sp³-hybridized carbons (Fsp3) is 0.300. The van der Waals surface area contributed by atoms with E-state index in [-0.39, 0.29) is 11.2 Å². The van der Waals surface area contributed by atoms with Crippen LogP contribution in [-0.4, -0.2) is 16.6 Å². The summed E-state index contributed by atoms with van der Waals surface area (Å²) in [6.07, 6.45) is 8.49. The molecule has 1 aliphatic carbocycles. The first-order chi connectivity index (χ1) is 6.12. The van der Waals surface area contributed by atoms with E-state index < -0.39 is 5.97 Å². The van der Waals surface area contributed by atoms with Gasteiger partial charge in [-0.25, -0.2) is 4.79 Å². The van der Waals surface area contributed by atoms with E-state index in [9.17, 15) is 4.79 Å². The molecule has 2 rings (SSSR count). The molecular formula is C10H11NO2. The van der Waals surface area contributed by atoms with Gasteiger partial charge >= 0.3 is 5.97 Å². The van der Waals surface area contributed by atoms with Crippen molar-refractivity contribution in [2.75, 3.05) is 0 Å². The summed E-state index contributed by atoms with van der Waals surface area (Å²) in [5, 5.41) is 11.8. The lowest BCUT2D eigenvalue weighted by Gasteiger charge is -2.28. The SMILES string of the molecule is CC12CC=CC=C1C=C(C(=O)O)N2. The minimum atomic E-state index is -0.892. The Balaban J connectivity index is 2.36. The summed E-state index contributed by atoms with van der Waals surface area (Å²) in [6, 6.07) is 0. The average Bonchev–Trinajstić information content (AvgIpc) is 2.41. The summed E-state index contributed by atoms with van der Waals surface area (Å²) >= 11 is 0. The quantitative estimate of drug-likeness (QED) is 0.632. The molecule has 0 aromatic carbocycles. The second kappa shape index (κ2) is 2.49. The Bertz CT molecular complexity index is 352. The van der Waals surface area contributed by atoms with E-state index in [1.165, 1.54) is 0 Å². The van der Waals surface area contributed by atoms with Crippen molar-refractivity contribution >= 4 is 5.97 Å². The highest BCUT2D eigenvalue weighted by Gasteiger charge is 2.35. The Morgan fingerprint density at radius 1 is 1.69 bits per heavy atom. The fourth-order valence-corrected chi connectivity index (χ4v) is 1.71. The summed E-state index contributed by atoms with van der Waals surface area (Å²) in [5.41, 5.74) is 1.13. The van der Waals surface area contributed by atoms with Crippen molar-refractivity contribution in [3.05, 3.63) is 35.6 Å². The predicted molar refractivity (Wildman–Crippen MR) is 49.1 cm³/mol. The van der Waals surface area contributed by atoms with Gasteiger partial charge in [0.1, 0.15) is 5.70 Å². The maximum absolute atomic E-state index is 10.7. The highest BCUT2D eigenvalue weighted by atomic mass is 16.4. The minimum Gasteiger partial charge on any atom is -0.477 e. The predicted octanol–water partition coefficient (Wildman–Crippen LogP) is 1.20. The van der Waals surface area contributed by atoms with Crippen LogP contribution in [0, 0.1) is 0 Å². The van der Waals surface area contributed by atoms with Crippen LogP contribution in [0.25, 0.3) is 0 Å².